The minimum Gasteiger partial charge on any atom is -0.493 e. The van der Waals surface area contributed by atoms with Gasteiger partial charge in [0.1, 0.15) is 0 Å². The molecule has 0 unspecified atom stereocenters. The molecule has 0 aliphatic heterocycles. The average Bonchev–Trinajstić information content (AvgIpc) is 2.52. The zero-order chi connectivity index (χ0) is 15.0. The summed E-state index contributed by atoms with van der Waals surface area (Å²) in [7, 11) is 3.33. The summed E-state index contributed by atoms with van der Waals surface area (Å²) in [5, 5.41) is 0. The molecule has 0 radical (unpaired) electrons. The van der Waals surface area contributed by atoms with Crippen LogP contribution >= 0.6 is 0 Å². The van der Waals surface area contributed by atoms with Crippen LogP contribution in [0.25, 0.3) is 6.08 Å². The standard InChI is InChI=1S/C19H24O2/c1-19(2)15-9-8-14(16(19)12-15)7-5-13-6-10-17(20-3)18(11-13)21-4/h5-8,10-11,15-16H,9,12H2,1-4H3/t15-,16-/m0/s1. The molecular weight excluding hydrogens is 260 g/mol. The van der Waals surface area contributed by atoms with Crippen molar-refractivity contribution >= 4 is 6.08 Å². The van der Waals surface area contributed by atoms with Gasteiger partial charge in [0.15, 0.2) is 11.5 Å². The molecule has 2 nitrogen and oxygen atoms in total. The zero-order valence-corrected chi connectivity index (χ0v) is 13.3. The molecule has 21 heavy (non-hydrogen) atoms. The van der Waals surface area contributed by atoms with E-state index in [4.69, 9.17) is 9.47 Å². The van der Waals surface area contributed by atoms with Crippen molar-refractivity contribution in [1.29, 1.82) is 0 Å². The van der Waals surface area contributed by atoms with Crippen LogP contribution in [0.5, 0.6) is 11.5 Å². The molecule has 112 valence electrons. The van der Waals surface area contributed by atoms with E-state index in [9.17, 15) is 0 Å². The maximum atomic E-state index is 5.36. The summed E-state index contributed by atoms with van der Waals surface area (Å²) in [4.78, 5) is 0. The van der Waals surface area contributed by atoms with E-state index >= 15 is 0 Å². The highest BCUT2D eigenvalue weighted by molar-refractivity contribution is 5.58. The Balaban J connectivity index is 1.79. The predicted molar refractivity (Wildman–Crippen MR) is 86.7 cm³/mol. The fraction of sp³-hybridized carbons (Fsp3) is 0.474. The van der Waals surface area contributed by atoms with Crippen molar-refractivity contribution in [3.63, 3.8) is 0 Å². The Morgan fingerprint density at radius 1 is 1.10 bits per heavy atom. The lowest BCUT2D eigenvalue weighted by atomic mass is 9.49. The summed E-state index contributed by atoms with van der Waals surface area (Å²) in [5.41, 5.74) is 3.12. The number of allylic oxidation sites excluding steroid dienone is 3. The van der Waals surface area contributed by atoms with E-state index in [0.29, 0.717) is 5.41 Å². The zero-order valence-electron chi connectivity index (χ0n) is 13.3. The molecule has 1 aromatic rings. The van der Waals surface area contributed by atoms with E-state index in [1.165, 1.54) is 18.4 Å². The molecule has 2 bridgehead atoms. The molecule has 1 aromatic carbocycles. The van der Waals surface area contributed by atoms with Crippen molar-refractivity contribution in [2.24, 2.45) is 17.3 Å². The van der Waals surface area contributed by atoms with Gasteiger partial charge in [-0.05, 0) is 53.4 Å². The molecule has 4 rings (SSSR count). The number of fused-ring (bicyclic) bond motifs is 1. The predicted octanol–water partition coefficient (Wildman–Crippen LogP) is 4.71. The average molecular weight is 284 g/mol. The molecule has 0 N–H and O–H groups in total. The van der Waals surface area contributed by atoms with Gasteiger partial charge >= 0.3 is 0 Å². The van der Waals surface area contributed by atoms with Crippen LogP contribution < -0.4 is 9.47 Å². The summed E-state index contributed by atoms with van der Waals surface area (Å²) < 4.78 is 10.6. The molecule has 0 aromatic heterocycles. The summed E-state index contributed by atoms with van der Waals surface area (Å²) in [6.45, 7) is 4.81. The van der Waals surface area contributed by atoms with Crippen LogP contribution in [0.2, 0.25) is 0 Å². The monoisotopic (exact) mass is 284 g/mol. The second-order valence-corrected chi connectivity index (χ2v) is 6.69. The molecule has 0 heterocycles. The lowest BCUT2D eigenvalue weighted by molar-refractivity contribution is -0.00322. The van der Waals surface area contributed by atoms with Gasteiger partial charge in [-0.3, -0.25) is 0 Å². The van der Waals surface area contributed by atoms with Crippen molar-refractivity contribution in [2.45, 2.75) is 26.7 Å². The van der Waals surface area contributed by atoms with Crippen LogP contribution in [0.1, 0.15) is 32.3 Å². The second-order valence-electron chi connectivity index (χ2n) is 6.69. The smallest absolute Gasteiger partial charge is 0.161 e. The van der Waals surface area contributed by atoms with E-state index in [1.807, 2.05) is 12.1 Å². The molecule has 1 fully saturated rings. The van der Waals surface area contributed by atoms with Gasteiger partial charge in [0, 0.05) is 0 Å². The van der Waals surface area contributed by atoms with Crippen molar-refractivity contribution in [1.82, 2.24) is 0 Å². The number of hydrogen-bond donors (Lipinski definition) is 0. The van der Waals surface area contributed by atoms with Crippen LogP contribution in [0, 0.1) is 17.3 Å². The maximum Gasteiger partial charge on any atom is 0.161 e. The summed E-state index contributed by atoms with van der Waals surface area (Å²) in [6.07, 6.45) is 9.47. The number of hydrogen-bond acceptors (Lipinski definition) is 2. The Morgan fingerprint density at radius 2 is 1.86 bits per heavy atom. The van der Waals surface area contributed by atoms with Crippen LogP contribution in [0.4, 0.5) is 0 Å². The first-order valence-electron chi connectivity index (χ1n) is 7.66. The maximum absolute atomic E-state index is 5.36. The van der Waals surface area contributed by atoms with Gasteiger partial charge < -0.3 is 9.47 Å². The number of rotatable bonds is 4. The highest BCUT2D eigenvalue weighted by Crippen LogP contribution is 2.59. The van der Waals surface area contributed by atoms with Gasteiger partial charge in [-0.25, -0.2) is 0 Å². The molecule has 2 atom stereocenters. The Kier molecular flexibility index (Phi) is 3.56. The minimum absolute atomic E-state index is 0.478. The Morgan fingerprint density at radius 3 is 2.48 bits per heavy atom. The molecule has 0 saturated heterocycles. The third-order valence-electron chi connectivity index (χ3n) is 5.39. The first-order valence-corrected chi connectivity index (χ1v) is 7.66. The van der Waals surface area contributed by atoms with Crippen LogP contribution in [0.3, 0.4) is 0 Å². The topological polar surface area (TPSA) is 18.5 Å². The third kappa shape index (κ3) is 2.37. The number of methoxy groups -OCH3 is 2. The van der Waals surface area contributed by atoms with Gasteiger partial charge in [-0.2, -0.15) is 0 Å². The van der Waals surface area contributed by atoms with Crippen molar-refractivity contribution in [3.8, 4) is 11.5 Å². The summed E-state index contributed by atoms with van der Waals surface area (Å²) in [5.74, 6) is 3.17. The molecule has 0 amide bonds. The van der Waals surface area contributed by atoms with Gasteiger partial charge in [0.05, 0.1) is 14.2 Å². The highest BCUT2D eigenvalue weighted by Gasteiger charge is 2.50. The van der Waals surface area contributed by atoms with Gasteiger partial charge in [-0.1, -0.05) is 38.1 Å². The highest BCUT2D eigenvalue weighted by atomic mass is 16.5. The molecule has 0 spiro atoms. The van der Waals surface area contributed by atoms with E-state index < -0.39 is 0 Å². The van der Waals surface area contributed by atoms with Gasteiger partial charge in [0.2, 0.25) is 0 Å². The number of benzene rings is 1. The van der Waals surface area contributed by atoms with Gasteiger partial charge in [-0.15, -0.1) is 0 Å². The summed E-state index contributed by atoms with van der Waals surface area (Å²) in [6, 6.07) is 6.04. The molecule has 3 aliphatic carbocycles. The molecular formula is C19H24O2. The van der Waals surface area contributed by atoms with Crippen molar-refractivity contribution in [3.05, 3.63) is 41.5 Å². The van der Waals surface area contributed by atoms with Crippen molar-refractivity contribution < 1.29 is 9.47 Å². The lowest BCUT2D eigenvalue weighted by Crippen LogP contribution is -2.47. The van der Waals surface area contributed by atoms with E-state index in [-0.39, 0.29) is 0 Å². The fourth-order valence-corrected chi connectivity index (χ4v) is 3.74. The largest absolute Gasteiger partial charge is 0.493 e. The van der Waals surface area contributed by atoms with E-state index in [1.54, 1.807) is 14.2 Å². The minimum atomic E-state index is 0.478. The SMILES string of the molecule is COc1ccc(C=CC2=CC[C@H]3C[C@@H]2C3(C)C)cc1OC. The second kappa shape index (κ2) is 5.25. The third-order valence-corrected chi connectivity index (χ3v) is 5.39. The van der Waals surface area contributed by atoms with Crippen LogP contribution in [0.15, 0.2) is 35.9 Å². The molecule has 1 saturated carbocycles. The first kappa shape index (κ1) is 14.2. The Bertz CT molecular complexity index is 596. The van der Waals surface area contributed by atoms with Crippen LogP contribution in [-0.2, 0) is 0 Å². The molecule has 3 aliphatic rings. The van der Waals surface area contributed by atoms with E-state index in [2.05, 4.69) is 38.1 Å². The normalized spacial score (nSPS) is 26.2. The quantitative estimate of drug-likeness (QED) is 0.797. The van der Waals surface area contributed by atoms with Crippen molar-refractivity contribution in [2.75, 3.05) is 14.2 Å². The van der Waals surface area contributed by atoms with E-state index in [0.717, 1.165) is 28.9 Å². The number of ether oxygens (including phenoxy) is 2. The van der Waals surface area contributed by atoms with Crippen LogP contribution in [-0.4, -0.2) is 14.2 Å². The first-order chi connectivity index (χ1) is 10.1. The van der Waals surface area contributed by atoms with Gasteiger partial charge in [0.25, 0.3) is 0 Å². The summed E-state index contributed by atoms with van der Waals surface area (Å²) >= 11 is 0. The lowest BCUT2D eigenvalue weighted by Gasteiger charge is -2.56. The Hall–Kier alpha value is -1.70. The Labute approximate surface area is 127 Å². The molecule has 2 heteroatoms. The fourth-order valence-electron chi connectivity index (χ4n) is 3.74.